The molecule has 1 aliphatic rings. The second-order valence-corrected chi connectivity index (χ2v) is 7.50. The minimum absolute atomic E-state index is 0.0973. The summed E-state index contributed by atoms with van der Waals surface area (Å²) in [5.41, 5.74) is 0.0973. The fraction of sp³-hybridized carbons (Fsp3) is 0.400. The van der Waals surface area contributed by atoms with Gasteiger partial charge < -0.3 is 15.0 Å². The van der Waals surface area contributed by atoms with E-state index in [0.717, 1.165) is 29.2 Å². The van der Waals surface area contributed by atoms with Gasteiger partial charge in [0.1, 0.15) is 11.8 Å². The Balaban J connectivity index is 2.03. The van der Waals surface area contributed by atoms with Crippen LogP contribution < -0.4 is 14.8 Å². The third kappa shape index (κ3) is 6.05. The van der Waals surface area contributed by atoms with Crippen molar-refractivity contribution < 1.29 is 39.9 Å². The topological polar surface area (TPSA) is 87.7 Å². The first-order valence-corrected chi connectivity index (χ1v) is 9.30. The van der Waals surface area contributed by atoms with Gasteiger partial charge in [0.25, 0.3) is 5.92 Å². The molecule has 1 aromatic carbocycles. The van der Waals surface area contributed by atoms with Gasteiger partial charge in [0.15, 0.2) is 0 Å². The third-order valence-electron chi connectivity index (χ3n) is 3.78. The number of sulfonamides is 1. The smallest absolute Gasteiger partial charge is 0.406 e. The molecule has 1 unspecified atom stereocenters. The van der Waals surface area contributed by atoms with Gasteiger partial charge in [0.2, 0.25) is 10.0 Å². The van der Waals surface area contributed by atoms with Crippen molar-refractivity contribution in [1.29, 1.82) is 0 Å². The van der Waals surface area contributed by atoms with E-state index in [2.05, 4.69) is 16.6 Å². The summed E-state index contributed by atoms with van der Waals surface area (Å²) in [5.74, 6) is -3.87. The van der Waals surface area contributed by atoms with E-state index in [1.165, 1.54) is 0 Å². The first-order chi connectivity index (χ1) is 12.8. The number of carbonyl (C=O) groups excluding carboxylic acids is 1. The Labute approximate surface area is 157 Å². The summed E-state index contributed by atoms with van der Waals surface area (Å²) in [6.45, 7) is 2.06. The summed E-state index contributed by atoms with van der Waals surface area (Å²) in [6, 6.07) is 1.54. The molecule has 2 amide bonds. The van der Waals surface area contributed by atoms with Crippen LogP contribution in [0.5, 0.6) is 5.75 Å². The maximum absolute atomic E-state index is 14.0. The van der Waals surface area contributed by atoms with E-state index < -0.39 is 53.1 Å². The zero-order chi connectivity index (χ0) is 21.2. The SMILES string of the molecule is C=CS(=O)(=O)NC1CN(C(=O)Nc2ccc(OC(F)(F)F)cc2)CCC1(F)F. The van der Waals surface area contributed by atoms with Crippen LogP contribution >= 0.6 is 0 Å². The van der Waals surface area contributed by atoms with Crippen LogP contribution in [0.25, 0.3) is 0 Å². The van der Waals surface area contributed by atoms with E-state index in [0.29, 0.717) is 5.41 Å². The Bertz CT molecular complexity index is 827. The van der Waals surface area contributed by atoms with Crippen LogP contribution in [0.1, 0.15) is 6.42 Å². The molecule has 0 radical (unpaired) electrons. The van der Waals surface area contributed by atoms with Gasteiger partial charge in [-0.05, 0) is 24.3 Å². The minimum Gasteiger partial charge on any atom is -0.406 e. The third-order valence-corrected chi connectivity index (χ3v) is 4.83. The monoisotopic (exact) mass is 429 g/mol. The number of hydrogen-bond donors (Lipinski definition) is 2. The summed E-state index contributed by atoms with van der Waals surface area (Å²) in [5, 5.41) is 2.81. The summed E-state index contributed by atoms with van der Waals surface area (Å²) in [7, 11) is -4.15. The van der Waals surface area contributed by atoms with E-state index in [4.69, 9.17) is 0 Å². The number of nitrogens with zero attached hydrogens (tertiary/aromatic N) is 1. The van der Waals surface area contributed by atoms with Crippen molar-refractivity contribution in [2.24, 2.45) is 0 Å². The number of halogens is 5. The molecule has 1 heterocycles. The normalized spacial score (nSPS) is 19.8. The van der Waals surface area contributed by atoms with E-state index >= 15 is 0 Å². The van der Waals surface area contributed by atoms with Gasteiger partial charge in [-0.2, -0.15) is 0 Å². The van der Waals surface area contributed by atoms with Crippen molar-refractivity contribution >= 4 is 21.7 Å². The highest BCUT2D eigenvalue weighted by Gasteiger charge is 2.46. The van der Waals surface area contributed by atoms with Crippen LogP contribution in [0.15, 0.2) is 36.3 Å². The summed E-state index contributed by atoms with van der Waals surface area (Å²) < 4.78 is 92.7. The molecule has 1 fully saturated rings. The van der Waals surface area contributed by atoms with Crippen molar-refractivity contribution in [2.45, 2.75) is 24.7 Å². The van der Waals surface area contributed by atoms with Gasteiger partial charge in [-0.25, -0.2) is 26.7 Å². The number of anilines is 1. The Morgan fingerprint density at radius 1 is 1.29 bits per heavy atom. The molecule has 1 atom stereocenters. The first kappa shape index (κ1) is 21.9. The molecule has 7 nitrogen and oxygen atoms in total. The lowest BCUT2D eigenvalue weighted by atomic mass is 10.0. The number of rotatable bonds is 5. The number of likely N-dealkylation sites (tertiary alicyclic amines) is 1. The average Bonchev–Trinajstić information content (AvgIpc) is 2.57. The van der Waals surface area contributed by atoms with Crippen LogP contribution in [0.2, 0.25) is 0 Å². The summed E-state index contributed by atoms with van der Waals surface area (Å²) in [6.07, 6.45) is -5.64. The summed E-state index contributed by atoms with van der Waals surface area (Å²) in [4.78, 5) is 13.2. The second kappa shape index (κ2) is 7.91. The second-order valence-electron chi connectivity index (χ2n) is 5.84. The Kier molecular flexibility index (Phi) is 6.18. The minimum atomic E-state index is -4.86. The van der Waals surface area contributed by atoms with Gasteiger partial charge in [0.05, 0.1) is 0 Å². The quantitative estimate of drug-likeness (QED) is 0.705. The highest BCUT2D eigenvalue weighted by Crippen LogP contribution is 2.30. The number of urea groups is 1. The zero-order valence-electron chi connectivity index (χ0n) is 14.2. The molecule has 1 aromatic rings. The Hall–Kier alpha value is -2.41. The molecule has 0 spiro atoms. The Morgan fingerprint density at radius 2 is 1.89 bits per heavy atom. The lowest BCUT2D eigenvalue weighted by Gasteiger charge is -2.38. The molecule has 0 aliphatic carbocycles. The maximum Gasteiger partial charge on any atom is 0.573 e. The molecule has 0 bridgehead atoms. The van der Waals surface area contributed by atoms with Crippen molar-refractivity contribution in [3.63, 3.8) is 0 Å². The van der Waals surface area contributed by atoms with Crippen LogP contribution in [0.3, 0.4) is 0 Å². The standard InChI is InChI=1S/C15H16F5N3O4S/c1-2-28(25,26)22-12-9-23(8-7-14(12,16)17)13(24)21-10-3-5-11(6-4-10)27-15(18,19)20/h2-6,12,22H,1,7-9H2,(H,21,24). The average molecular weight is 429 g/mol. The van der Waals surface area contributed by atoms with Gasteiger partial charge in [-0.3, -0.25) is 0 Å². The molecule has 1 saturated heterocycles. The lowest BCUT2D eigenvalue weighted by Crippen LogP contribution is -2.59. The van der Waals surface area contributed by atoms with E-state index in [-0.39, 0.29) is 12.2 Å². The predicted molar refractivity (Wildman–Crippen MR) is 89.3 cm³/mol. The number of ether oxygens (including phenoxy) is 1. The molecule has 0 aromatic heterocycles. The maximum atomic E-state index is 14.0. The molecule has 1 aliphatic heterocycles. The molecular weight excluding hydrogens is 413 g/mol. The number of nitrogens with one attached hydrogen (secondary N) is 2. The lowest BCUT2D eigenvalue weighted by molar-refractivity contribution is -0.274. The summed E-state index contributed by atoms with van der Waals surface area (Å²) >= 11 is 0. The number of alkyl halides is 5. The number of amides is 2. The molecular formula is C15H16F5N3O4S. The molecule has 2 rings (SSSR count). The van der Waals surface area contributed by atoms with Crippen molar-refractivity contribution in [3.05, 3.63) is 36.3 Å². The number of benzene rings is 1. The van der Waals surface area contributed by atoms with Crippen molar-refractivity contribution in [2.75, 3.05) is 18.4 Å². The Morgan fingerprint density at radius 3 is 2.43 bits per heavy atom. The van der Waals surface area contributed by atoms with E-state index in [1.54, 1.807) is 4.72 Å². The largest absolute Gasteiger partial charge is 0.573 e. The van der Waals surface area contributed by atoms with Crippen LogP contribution in [-0.2, 0) is 10.0 Å². The molecule has 156 valence electrons. The zero-order valence-corrected chi connectivity index (χ0v) is 15.0. The first-order valence-electron chi connectivity index (χ1n) is 7.76. The number of piperidine rings is 1. The molecule has 2 N–H and O–H groups in total. The van der Waals surface area contributed by atoms with Gasteiger partial charge in [-0.15, -0.1) is 13.2 Å². The number of carbonyl (C=O) groups is 1. The van der Waals surface area contributed by atoms with Crippen LogP contribution in [-0.4, -0.2) is 50.8 Å². The molecule has 0 saturated carbocycles. The predicted octanol–water partition coefficient (Wildman–Crippen LogP) is 2.89. The van der Waals surface area contributed by atoms with E-state index in [9.17, 15) is 35.2 Å². The number of hydrogen-bond acceptors (Lipinski definition) is 4. The van der Waals surface area contributed by atoms with Crippen LogP contribution in [0, 0.1) is 0 Å². The van der Waals surface area contributed by atoms with Crippen LogP contribution in [0.4, 0.5) is 32.4 Å². The van der Waals surface area contributed by atoms with E-state index in [1.807, 2.05) is 0 Å². The molecule has 28 heavy (non-hydrogen) atoms. The van der Waals surface area contributed by atoms with Crippen molar-refractivity contribution in [3.8, 4) is 5.75 Å². The highest BCUT2D eigenvalue weighted by atomic mass is 32.2. The van der Waals surface area contributed by atoms with Gasteiger partial charge in [0, 0.05) is 30.6 Å². The molecule has 13 heteroatoms. The van der Waals surface area contributed by atoms with Gasteiger partial charge >= 0.3 is 12.4 Å². The fourth-order valence-corrected chi connectivity index (χ4v) is 3.14. The van der Waals surface area contributed by atoms with Crippen molar-refractivity contribution in [1.82, 2.24) is 9.62 Å². The fourth-order valence-electron chi connectivity index (χ4n) is 2.40. The highest BCUT2D eigenvalue weighted by molar-refractivity contribution is 7.92. The van der Waals surface area contributed by atoms with Gasteiger partial charge in [-0.1, -0.05) is 6.58 Å².